The zero-order chi connectivity index (χ0) is 22.1. The highest BCUT2D eigenvalue weighted by atomic mass is 16.5. The smallest absolute Gasteiger partial charge is 0.290 e. The molecule has 1 atom stereocenters. The van der Waals surface area contributed by atoms with Crippen LogP contribution in [-0.2, 0) is 16.1 Å². The van der Waals surface area contributed by atoms with Crippen LogP contribution >= 0.6 is 0 Å². The second-order valence-corrected chi connectivity index (χ2v) is 7.37. The summed E-state index contributed by atoms with van der Waals surface area (Å²) in [6.07, 6.45) is 7.71. The number of piperidine rings is 1. The molecule has 0 saturated carbocycles. The van der Waals surface area contributed by atoms with Crippen molar-refractivity contribution in [2.45, 2.75) is 25.5 Å². The van der Waals surface area contributed by atoms with E-state index in [1.165, 1.54) is 5.56 Å². The lowest BCUT2D eigenvalue weighted by atomic mass is 10.0. The predicted molar refractivity (Wildman–Crippen MR) is 118 cm³/mol. The molecule has 7 nitrogen and oxygen atoms in total. The number of carboxylic acid groups (broad SMARTS) is 1. The number of imidazole rings is 1. The highest BCUT2D eigenvalue weighted by Crippen LogP contribution is 2.23. The number of likely N-dealkylation sites (tertiary alicyclic amines) is 1. The third-order valence-corrected chi connectivity index (χ3v) is 5.32. The number of ether oxygens (including phenoxy) is 1. The molecule has 1 N–H and O–H groups in total. The molecular weight excluding hydrogens is 394 g/mol. The minimum absolute atomic E-state index is 0.0836. The van der Waals surface area contributed by atoms with Gasteiger partial charge in [-0.3, -0.25) is 9.59 Å². The van der Waals surface area contributed by atoms with Gasteiger partial charge in [-0.2, -0.15) is 0 Å². The summed E-state index contributed by atoms with van der Waals surface area (Å²) < 4.78 is 7.49. The maximum Gasteiger partial charge on any atom is 0.290 e. The first-order valence-corrected chi connectivity index (χ1v) is 10.2. The molecular formula is C24H27N3O4. The fraction of sp³-hybridized carbons (Fsp3) is 0.292. The topological polar surface area (TPSA) is 84.7 Å². The summed E-state index contributed by atoms with van der Waals surface area (Å²) in [5.41, 5.74) is 4.11. The third kappa shape index (κ3) is 6.02. The van der Waals surface area contributed by atoms with Crippen molar-refractivity contribution in [3.05, 3.63) is 78.4 Å². The van der Waals surface area contributed by atoms with Gasteiger partial charge in [0.15, 0.2) is 0 Å². The average molecular weight is 421 g/mol. The highest BCUT2D eigenvalue weighted by molar-refractivity contribution is 5.95. The molecule has 7 heteroatoms. The molecule has 1 amide bonds. The number of carbonyl (C=O) groups is 2. The number of methoxy groups -OCH3 is 1. The fourth-order valence-corrected chi connectivity index (χ4v) is 3.72. The van der Waals surface area contributed by atoms with Crippen LogP contribution in [-0.4, -0.2) is 58.2 Å². The Kier molecular flexibility index (Phi) is 7.95. The molecule has 1 aromatic heterocycles. The van der Waals surface area contributed by atoms with Crippen LogP contribution in [0.2, 0.25) is 0 Å². The van der Waals surface area contributed by atoms with E-state index in [2.05, 4.69) is 35.3 Å². The lowest BCUT2D eigenvalue weighted by Gasteiger charge is -2.32. The van der Waals surface area contributed by atoms with E-state index in [-0.39, 0.29) is 18.5 Å². The molecule has 2 aromatic carbocycles. The predicted octanol–water partition coefficient (Wildman–Crippen LogP) is 3.55. The Morgan fingerprint density at radius 2 is 2.00 bits per heavy atom. The van der Waals surface area contributed by atoms with Crippen LogP contribution in [0.25, 0.3) is 11.1 Å². The molecule has 1 aliphatic heterocycles. The Balaban J connectivity index is 0.000000858. The number of aromatic nitrogens is 2. The van der Waals surface area contributed by atoms with Crippen molar-refractivity contribution in [1.29, 1.82) is 0 Å². The van der Waals surface area contributed by atoms with Crippen molar-refractivity contribution < 1.29 is 19.4 Å². The molecule has 0 radical (unpaired) electrons. The van der Waals surface area contributed by atoms with E-state index in [0.717, 1.165) is 42.6 Å². The molecule has 1 fully saturated rings. The zero-order valence-electron chi connectivity index (χ0n) is 17.6. The molecule has 2 heterocycles. The van der Waals surface area contributed by atoms with E-state index in [1.54, 1.807) is 13.3 Å². The fourth-order valence-electron chi connectivity index (χ4n) is 3.72. The highest BCUT2D eigenvalue weighted by Gasteiger charge is 2.24. The first-order valence-electron chi connectivity index (χ1n) is 10.2. The lowest BCUT2D eigenvalue weighted by Crippen LogP contribution is -2.42. The normalized spacial score (nSPS) is 15.6. The summed E-state index contributed by atoms with van der Waals surface area (Å²) >= 11 is 0. The molecule has 31 heavy (non-hydrogen) atoms. The summed E-state index contributed by atoms with van der Waals surface area (Å²) in [4.78, 5) is 27.3. The maximum atomic E-state index is 12.9. The Morgan fingerprint density at radius 1 is 1.23 bits per heavy atom. The molecule has 3 aromatic rings. The van der Waals surface area contributed by atoms with E-state index in [4.69, 9.17) is 14.6 Å². The average Bonchev–Trinajstić information content (AvgIpc) is 3.33. The minimum atomic E-state index is -0.250. The second kappa shape index (κ2) is 11.1. The Morgan fingerprint density at radius 3 is 2.68 bits per heavy atom. The van der Waals surface area contributed by atoms with Crippen LogP contribution in [0.5, 0.6) is 0 Å². The van der Waals surface area contributed by atoms with Crippen molar-refractivity contribution in [3.8, 4) is 11.1 Å². The number of rotatable bonds is 5. The van der Waals surface area contributed by atoms with E-state index in [0.29, 0.717) is 6.54 Å². The van der Waals surface area contributed by atoms with Crippen molar-refractivity contribution in [2.75, 3.05) is 20.2 Å². The van der Waals surface area contributed by atoms with E-state index >= 15 is 0 Å². The van der Waals surface area contributed by atoms with E-state index < -0.39 is 0 Å². The number of benzene rings is 2. The van der Waals surface area contributed by atoms with Gasteiger partial charge >= 0.3 is 0 Å². The van der Waals surface area contributed by atoms with Crippen molar-refractivity contribution in [2.24, 2.45) is 0 Å². The second-order valence-electron chi connectivity index (χ2n) is 7.37. The molecule has 1 saturated heterocycles. The zero-order valence-corrected chi connectivity index (χ0v) is 17.6. The van der Waals surface area contributed by atoms with Gasteiger partial charge < -0.3 is 19.3 Å². The van der Waals surface area contributed by atoms with Crippen molar-refractivity contribution >= 4 is 12.4 Å². The molecule has 1 unspecified atom stereocenters. The number of hydrogen-bond acceptors (Lipinski definition) is 4. The lowest BCUT2D eigenvalue weighted by molar-refractivity contribution is -0.122. The van der Waals surface area contributed by atoms with Gasteiger partial charge in [-0.05, 0) is 41.7 Å². The van der Waals surface area contributed by atoms with Gasteiger partial charge in [0.25, 0.3) is 12.4 Å². The van der Waals surface area contributed by atoms with Gasteiger partial charge in [-0.15, -0.1) is 0 Å². The van der Waals surface area contributed by atoms with E-state index in [9.17, 15) is 4.79 Å². The Hall–Kier alpha value is -3.45. The van der Waals surface area contributed by atoms with Gasteiger partial charge in [-0.1, -0.05) is 36.4 Å². The van der Waals surface area contributed by atoms with Crippen molar-refractivity contribution in [1.82, 2.24) is 14.5 Å². The first-order chi connectivity index (χ1) is 15.1. The molecule has 0 bridgehead atoms. The standard InChI is InChI=1S/C23H25N3O2.CH2O2/c1-28-22-6-3-12-26(16-22)23(27)21-5-2-4-20(14-21)19-9-7-18(8-10-19)15-25-13-11-24-17-25;2-1-3/h2,4-5,7-11,13-14,17,22H,3,6,12,15-16H2,1H3;1H,(H,2,3). The Labute approximate surface area is 181 Å². The summed E-state index contributed by atoms with van der Waals surface area (Å²) in [5, 5.41) is 6.89. The van der Waals surface area contributed by atoms with Gasteiger partial charge in [0.1, 0.15) is 0 Å². The first kappa shape index (κ1) is 22.2. The van der Waals surface area contributed by atoms with Gasteiger partial charge in [-0.25, -0.2) is 4.98 Å². The summed E-state index contributed by atoms with van der Waals surface area (Å²) in [6, 6.07) is 16.4. The van der Waals surface area contributed by atoms with Crippen molar-refractivity contribution in [3.63, 3.8) is 0 Å². The van der Waals surface area contributed by atoms with Crippen LogP contribution in [0.3, 0.4) is 0 Å². The molecule has 1 aliphatic rings. The number of nitrogens with zero attached hydrogens (tertiary/aromatic N) is 3. The van der Waals surface area contributed by atoms with Crippen LogP contribution in [0.1, 0.15) is 28.8 Å². The number of amides is 1. The number of carbonyl (C=O) groups excluding carboxylic acids is 1. The van der Waals surface area contributed by atoms with Gasteiger partial charge in [0.05, 0.1) is 12.4 Å². The quantitative estimate of drug-likeness (QED) is 0.637. The van der Waals surface area contributed by atoms with Crippen LogP contribution in [0, 0.1) is 0 Å². The Bertz CT molecular complexity index is 971. The van der Waals surface area contributed by atoms with Crippen LogP contribution in [0.15, 0.2) is 67.3 Å². The number of hydrogen-bond donors (Lipinski definition) is 1. The molecule has 162 valence electrons. The monoisotopic (exact) mass is 421 g/mol. The maximum absolute atomic E-state index is 12.9. The minimum Gasteiger partial charge on any atom is -0.483 e. The van der Waals surface area contributed by atoms with Gasteiger partial charge in [0.2, 0.25) is 0 Å². The largest absolute Gasteiger partial charge is 0.483 e. The van der Waals surface area contributed by atoms with Crippen LogP contribution < -0.4 is 0 Å². The third-order valence-electron chi connectivity index (χ3n) is 5.32. The molecule has 4 rings (SSSR count). The molecule has 0 aliphatic carbocycles. The van der Waals surface area contributed by atoms with Crippen LogP contribution in [0.4, 0.5) is 0 Å². The van der Waals surface area contributed by atoms with Gasteiger partial charge in [0, 0.05) is 44.7 Å². The summed E-state index contributed by atoms with van der Waals surface area (Å²) in [7, 11) is 1.72. The summed E-state index contributed by atoms with van der Waals surface area (Å²) in [5.74, 6) is 0.0836. The molecule has 0 spiro atoms. The SMILES string of the molecule is COC1CCCN(C(=O)c2cccc(-c3ccc(Cn4ccnc4)cc3)c2)C1.O=CO. The summed E-state index contributed by atoms with van der Waals surface area (Å²) in [6.45, 7) is 2.02. The van der Waals surface area contributed by atoms with E-state index in [1.807, 2.05) is 40.2 Å².